The van der Waals surface area contributed by atoms with Gasteiger partial charge in [-0.15, -0.1) is 10.2 Å². The molecule has 302 valence electrons. The van der Waals surface area contributed by atoms with Crippen molar-refractivity contribution in [2.45, 2.75) is 95.1 Å². The zero-order valence-corrected chi connectivity index (χ0v) is 33.2. The average molecular weight is 877 g/mol. The van der Waals surface area contributed by atoms with E-state index in [1.165, 1.54) is 37.1 Å². The van der Waals surface area contributed by atoms with Crippen LogP contribution in [0.3, 0.4) is 0 Å². The van der Waals surface area contributed by atoms with Gasteiger partial charge in [0, 0.05) is 50.5 Å². The molecule has 0 spiro atoms. The van der Waals surface area contributed by atoms with Crippen LogP contribution >= 0.6 is 27.5 Å². The van der Waals surface area contributed by atoms with E-state index in [9.17, 15) is 26.3 Å². The minimum Gasteiger partial charge on any atom is -0.370 e. The molecule has 2 bridgehead atoms. The minimum absolute atomic E-state index is 0.145. The van der Waals surface area contributed by atoms with Gasteiger partial charge in [0.05, 0.1) is 23.0 Å². The second-order valence-electron chi connectivity index (χ2n) is 15.5. The highest BCUT2D eigenvalue weighted by molar-refractivity contribution is 9.10. The zero-order valence-electron chi connectivity index (χ0n) is 30.9. The largest absolute Gasteiger partial charge is 0.416 e. The Morgan fingerprint density at radius 2 is 1.26 bits per heavy atom. The van der Waals surface area contributed by atoms with Crippen LogP contribution in [0.15, 0.2) is 65.5 Å². The number of anilines is 1. The van der Waals surface area contributed by atoms with Crippen LogP contribution in [0.5, 0.6) is 0 Å². The number of benzene rings is 2. The maximum atomic E-state index is 13.4. The summed E-state index contributed by atoms with van der Waals surface area (Å²) in [6, 6.07) is 13.1. The number of rotatable bonds is 5. The molecular weight excluding hydrogens is 836 g/mol. The van der Waals surface area contributed by atoms with Crippen molar-refractivity contribution < 1.29 is 26.3 Å². The van der Waals surface area contributed by atoms with Crippen molar-refractivity contribution >= 4 is 33.2 Å². The highest BCUT2D eigenvalue weighted by atomic mass is 79.9. The molecule has 6 heterocycles. The van der Waals surface area contributed by atoms with E-state index in [-0.39, 0.29) is 11.8 Å². The average Bonchev–Trinajstić information content (AvgIpc) is 3.69. The third-order valence-electron chi connectivity index (χ3n) is 11.9. The number of piperidine rings is 1. The van der Waals surface area contributed by atoms with Crippen molar-refractivity contribution in [2.24, 2.45) is 17.8 Å². The molecule has 0 N–H and O–H groups in total. The van der Waals surface area contributed by atoms with E-state index < -0.39 is 23.5 Å². The highest BCUT2D eigenvalue weighted by Crippen LogP contribution is 2.45. The van der Waals surface area contributed by atoms with E-state index in [0.717, 1.165) is 106 Å². The molecule has 1 aliphatic carbocycles. The molecule has 2 aromatic carbocycles. The number of nitrogens with zero attached hydrogens (tertiary/aromatic N) is 9. The number of alkyl halides is 6. The van der Waals surface area contributed by atoms with Gasteiger partial charge in [0.1, 0.15) is 11.6 Å². The van der Waals surface area contributed by atoms with Crippen molar-refractivity contribution in [3.63, 3.8) is 0 Å². The Morgan fingerprint density at radius 3 is 1.82 bits per heavy atom. The summed E-state index contributed by atoms with van der Waals surface area (Å²) < 4.78 is 82.9. The van der Waals surface area contributed by atoms with Crippen molar-refractivity contribution in [1.82, 2.24) is 39.7 Å². The maximum Gasteiger partial charge on any atom is 0.416 e. The van der Waals surface area contributed by atoms with Crippen LogP contribution in [0.4, 0.5) is 32.0 Å². The van der Waals surface area contributed by atoms with Gasteiger partial charge in [0.2, 0.25) is 4.73 Å². The van der Waals surface area contributed by atoms with Crippen LogP contribution in [-0.2, 0) is 31.9 Å². The van der Waals surface area contributed by atoms with Crippen LogP contribution in [0.1, 0.15) is 103 Å². The summed E-state index contributed by atoms with van der Waals surface area (Å²) in [5, 5.41) is 17.4. The number of hydrogen-bond acceptors (Lipinski definition) is 7. The summed E-state index contributed by atoms with van der Waals surface area (Å²) in [5.74, 6) is 3.64. The minimum atomic E-state index is -4.36. The van der Waals surface area contributed by atoms with Gasteiger partial charge in [-0.1, -0.05) is 60.8 Å². The molecule has 5 aromatic rings. The first kappa shape index (κ1) is 39.8. The highest BCUT2D eigenvalue weighted by Gasteiger charge is 2.43. The number of aryl methyl sites for hydroxylation is 2. The summed E-state index contributed by atoms with van der Waals surface area (Å²) >= 11 is 9.30. The Morgan fingerprint density at radius 1 is 0.702 bits per heavy atom. The summed E-state index contributed by atoms with van der Waals surface area (Å²) in [6.45, 7) is 3.41. The first-order valence-corrected chi connectivity index (χ1v) is 20.6. The molecule has 3 aliphatic heterocycles. The fourth-order valence-corrected chi connectivity index (χ4v) is 9.76. The summed E-state index contributed by atoms with van der Waals surface area (Å²) in [7, 11) is 0. The van der Waals surface area contributed by atoms with Crippen molar-refractivity contribution in [3.8, 4) is 0 Å². The Kier molecular flexibility index (Phi) is 11.4. The van der Waals surface area contributed by atoms with Crippen LogP contribution in [-0.4, -0.2) is 52.8 Å². The number of halogens is 8. The van der Waals surface area contributed by atoms with Gasteiger partial charge in [0.25, 0.3) is 0 Å². The van der Waals surface area contributed by atoms with Crippen molar-refractivity contribution in [3.05, 3.63) is 110 Å². The van der Waals surface area contributed by atoms with Gasteiger partial charge < -0.3 is 4.90 Å². The lowest BCUT2D eigenvalue weighted by Crippen LogP contribution is -2.42. The van der Waals surface area contributed by atoms with Gasteiger partial charge in [-0.2, -0.15) is 36.5 Å². The molecule has 5 atom stereocenters. The number of fused-ring (bicyclic) bond motifs is 4. The van der Waals surface area contributed by atoms with Gasteiger partial charge >= 0.3 is 12.4 Å². The predicted molar refractivity (Wildman–Crippen MR) is 205 cm³/mol. The van der Waals surface area contributed by atoms with Gasteiger partial charge in [0.15, 0.2) is 11.0 Å². The number of hydrogen-bond donors (Lipinski definition) is 0. The predicted octanol–water partition coefficient (Wildman–Crippen LogP) is 10.1. The first-order chi connectivity index (χ1) is 27.3. The van der Waals surface area contributed by atoms with Gasteiger partial charge in [-0.25, -0.2) is 19.3 Å². The van der Waals surface area contributed by atoms with E-state index in [1.807, 2.05) is 10.7 Å². The molecule has 17 heteroatoms. The molecule has 57 heavy (non-hydrogen) atoms. The fourth-order valence-electron chi connectivity index (χ4n) is 9.23. The van der Waals surface area contributed by atoms with Crippen LogP contribution in [0.25, 0.3) is 0 Å². The first-order valence-electron chi connectivity index (χ1n) is 19.4. The Balaban J connectivity index is 0.000000184. The third-order valence-corrected chi connectivity index (χ3v) is 12.4. The van der Waals surface area contributed by atoms with Crippen LogP contribution in [0.2, 0.25) is 5.15 Å². The topological polar surface area (TPSA) is 90.4 Å². The van der Waals surface area contributed by atoms with E-state index in [4.69, 9.17) is 21.7 Å². The van der Waals surface area contributed by atoms with Gasteiger partial charge in [-0.3, -0.25) is 0 Å². The SMILES string of the molecule is FC(F)(F)c1cccc(C2CCCCn3nc(Br)nc32)c1.FC(F)(F)c1cccc(C2CCCCn3nc(CC4[C@@H]5CC[C@H]4CN(c4cnnc(Cl)c4)C5)nc32)c1. The smallest absolute Gasteiger partial charge is 0.370 e. The standard InChI is InChI=1S/C26H28ClF3N6.C14H13BrF3N3/c27-23-11-20(13-31-33-23)35-14-17-7-8-18(15-35)22(17)12-24-32-25-21(6-1-2-9-36(25)34-24)16-4-3-5-19(10-16)26(28,29)30;15-13-19-12-11(6-1-2-7-21(12)20-13)9-4-3-5-10(8-9)14(16,17)18/h3-5,10-11,13,17-18,21-22H,1-2,6-9,12,14-15H2;3-5,8,11H,1-2,6-7H2/t17-,18+,21?,22?;. The summed E-state index contributed by atoms with van der Waals surface area (Å²) in [6.07, 6.45) is 1.63. The van der Waals surface area contributed by atoms with E-state index >= 15 is 0 Å². The van der Waals surface area contributed by atoms with E-state index in [2.05, 4.69) is 41.1 Å². The molecule has 0 radical (unpaired) electrons. The molecule has 3 aromatic heterocycles. The quantitative estimate of drug-likeness (QED) is 0.163. The summed E-state index contributed by atoms with van der Waals surface area (Å²) in [5.41, 5.74) is 1.11. The van der Waals surface area contributed by atoms with Crippen LogP contribution < -0.4 is 4.90 Å². The lowest BCUT2D eigenvalue weighted by atomic mass is 9.82. The monoisotopic (exact) mass is 875 g/mol. The lowest BCUT2D eigenvalue weighted by Gasteiger charge is -2.38. The Hall–Kier alpha value is -4.05. The Bertz CT molecular complexity index is 2170. The molecule has 3 unspecified atom stereocenters. The molecule has 1 saturated heterocycles. The molecule has 4 aliphatic rings. The molecule has 2 fully saturated rings. The normalized spacial score (nSPS) is 23.5. The zero-order chi connectivity index (χ0) is 39.9. The number of aromatic nitrogens is 8. The second kappa shape index (κ2) is 16.3. The molecule has 9 nitrogen and oxygen atoms in total. The second-order valence-corrected chi connectivity index (χ2v) is 16.6. The van der Waals surface area contributed by atoms with Crippen LogP contribution in [0, 0.1) is 17.8 Å². The Labute approximate surface area is 339 Å². The molecule has 9 rings (SSSR count). The summed E-state index contributed by atoms with van der Waals surface area (Å²) in [4.78, 5) is 11.7. The van der Waals surface area contributed by atoms with Crippen molar-refractivity contribution in [2.75, 3.05) is 18.0 Å². The fraction of sp³-hybridized carbons (Fsp3) is 0.500. The van der Waals surface area contributed by atoms with Gasteiger partial charge in [-0.05, 0) is 95.5 Å². The van der Waals surface area contributed by atoms with E-state index in [1.54, 1.807) is 23.0 Å². The lowest BCUT2D eigenvalue weighted by molar-refractivity contribution is -0.138. The van der Waals surface area contributed by atoms with E-state index in [0.29, 0.717) is 38.8 Å². The molecule has 1 saturated carbocycles. The molecular formula is C40H41BrClF6N9. The maximum absolute atomic E-state index is 13.4. The van der Waals surface area contributed by atoms with Crippen molar-refractivity contribution in [1.29, 1.82) is 0 Å². The third kappa shape index (κ3) is 8.86. The molecule has 0 amide bonds.